The van der Waals surface area contributed by atoms with Crippen LogP contribution in [0.5, 0.6) is 0 Å². The number of hydrogen-bond acceptors (Lipinski definition) is 0. The van der Waals surface area contributed by atoms with E-state index >= 15 is 0 Å². The van der Waals surface area contributed by atoms with E-state index in [-0.39, 0.29) is 97.6 Å². The van der Waals surface area contributed by atoms with Crippen LogP contribution in [0.15, 0.2) is 0 Å². The van der Waals surface area contributed by atoms with Gasteiger partial charge in [-0.3, -0.25) is 0 Å². The van der Waals surface area contributed by atoms with Gasteiger partial charge in [0.15, 0.2) is 17.4 Å². The molecular formula is H7AlCaMgZn. The quantitative estimate of drug-likeness (QED) is 0.334. The molecule has 4 heteroatoms. The van der Waals surface area contributed by atoms with Crippen molar-refractivity contribution in [2.24, 2.45) is 0 Å². The van der Waals surface area contributed by atoms with Crippen LogP contribution in [-0.4, -0.2) is 78.2 Å². The van der Waals surface area contributed by atoms with Crippen molar-refractivity contribution < 1.29 is 19.5 Å². The van der Waals surface area contributed by atoms with Gasteiger partial charge in [0.1, 0.15) is 0 Å². The van der Waals surface area contributed by atoms with Gasteiger partial charge >= 0.3 is 60.8 Å². The van der Waals surface area contributed by atoms with E-state index in [0.717, 1.165) is 0 Å². The third-order valence-corrected chi connectivity index (χ3v) is 0. The van der Waals surface area contributed by atoms with Crippen LogP contribution in [0.2, 0.25) is 0 Å². The molecule has 0 rings (SSSR count). The molecule has 0 saturated carbocycles. The van der Waals surface area contributed by atoms with E-state index in [9.17, 15) is 0 Å². The van der Waals surface area contributed by atoms with E-state index in [1.807, 2.05) is 0 Å². The zero-order chi connectivity index (χ0) is 0. The Hall–Kier alpha value is 3.18. The minimum Gasteiger partial charge on any atom is 0 e. The summed E-state index contributed by atoms with van der Waals surface area (Å²) in [7, 11) is 0. The van der Waals surface area contributed by atoms with E-state index < -0.39 is 0 Å². The predicted octanol–water partition coefficient (Wildman–Crippen LogP) is -3.02. The summed E-state index contributed by atoms with van der Waals surface area (Å²) in [6, 6.07) is 0. The van der Waals surface area contributed by atoms with Gasteiger partial charge in [-0.2, -0.15) is 0 Å². The molecule has 16 valence electrons. The molecule has 0 aliphatic heterocycles. The predicted molar refractivity (Wildman–Crippen MR) is 27.0 cm³/mol. The Morgan fingerprint density at radius 2 is 1.00 bits per heavy atom. The van der Waals surface area contributed by atoms with E-state index in [0.29, 0.717) is 0 Å². The second kappa shape index (κ2) is 16.4. The summed E-state index contributed by atoms with van der Waals surface area (Å²) in [5.74, 6) is 0. The van der Waals surface area contributed by atoms with Crippen molar-refractivity contribution in [1.82, 2.24) is 0 Å². The van der Waals surface area contributed by atoms with E-state index in [4.69, 9.17) is 0 Å². The van der Waals surface area contributed by atoms with Crippen LogP contribution in [0.1, 0.15) is 0 Å². The molecule has 0 nitrogen and oxygen atoms in total. The second-order valence-electron chi connectivity index (χ2n) is 0. The summed E-state index contributed by atoms with van der Waals surface area (Å²) >= 11 is 0. The molecule has 0 radical (unpaired) electrons. The first kappa shape index (κ1) is 27.1. The first-order valence-electron chi connectivity index (χ1n) is 0. The van der Waals surface area contributed by atoms with E-state index in [2.05, 4.69) is 0 Å². The molecule has 0 spiro atoms. The topological polar surface area (TPSA) is 0 Å². The SMILES string of the molecule is [AlH3].[CaH2].[MgH2].[Zn]. The maximum Gasteiger partial charge on any atom is 0.316 e. The van der Waals surface area contributed by atoms with Gasteiger partial charge in [-0.25, -0.2) is 0 Å². The van der Waals surface area contributed by atoms with Gasteiger partial charge in [0.25, 0.3) is 0 Å². The maximum atomic E-state index is 0. The molecular weight excluding hydrogens is 157 g/mol. The van der Waals surface area contributed by atoms with Gasteiger partial charge in [0, 0.05) is 19.5 Å². The Morgan fingerprint density at radius 3 is 1.00 bits per heavy atom. The Labute approximate surface area is 95.5 Å². The smallest absolute Gasteiger partial charge is 0 e. The number of rotatable bonds is 0. The molecule has 0 fully saturated rings. The first-order valence-corrected chi connectivity index (χ1v) is 0. The molecule has 0 aliphatic rings. The van der Waals surface area contributed by atoms with Crippen LogP contribution in [0, 0.1) is 0 Å². The average Bonchev–Trinajstić information content (AvgIpc) is 0. The van der Waals surface area contributed by atoms with E-state index in [1.54, 1.807) is 0 Å². The molecule has 0 aromatic heterocycles. The zero-order valence-electron chi connectivity index (χ0n) is 0.707. The molecule has 0 N–H and O–H groups in total. The van der Waals surface area contributed by atoms with Crippen LogP contribution in [-0.2, 0) is 19.5 Å². The minimum absolute atomic E-state index is 0. The third kappa shape index (κ3) is 8.95. The summed E-state index contributed by atoms with van der Waals surface area (Å²) < 4.78 is 0. The van der Waals surface area contributed by atoms with Gasteiger partial charge < -0.3 is 0 Å². The van der Waals surface area contributed by atoms with Crippen LogP contribution in [0.3, 0.4) is 0 Å². The summed E-state index contributed by atoms with van der Waals surface area (Å²) in [5.41, 5.74) is 0. The fourth-order valence-corrected chi connectivity index (χ4v) is 0. The molecule has 0 unspecified atom stereocenters. The van der Waals surface area contributed by atoms with Crippen LogP contribution >= 0.6 is 0 Å². The first-order chi connectivity index (χ1) is 0. The fourth-order valence-electron chi connectivity index (χ4n) is 0. The molecule has 0 aliphatic carbocycles. The Bertz CT molecular complexity index is 8.00. The minimum atomic E-state index is 0. The average molecular weight is 164 g/mol. The summed E-state index contributed by atoms with van der Waals surface area (Å²) in [4.78, 5) is 0. The van der Waals surface area contributed by atoms with Crippen LogP contribution in [0.25, 0.3) is 0 Å². The maximum absolute atomic E-state index is 0. The zero-order valence-corrected chi connectivity index (χ0v) is 3.67. The molecule has 0 heterocycles. The standard InChI is InChI=1S/Al.Ca.Mg.Zn.7H. The van der Waals surface area contributed by atoms with Crippen molar-refractivity contribution >= 4 is 78.2 Å². The molecule has 0 aromatic carbocycles. The second-order valence-corrected chi connectivity index (χ2v) is 0. The Kier molecular flexibility index (Phi) is 111. The largest absolute Gasteiger partial charge is 0.316 e. The molecule has 0 amide bonds. The van der Waals surface area contributed by atoms with Crippen molar-refractivity contribution in [3.8, 4) is 0 Å². The van der Waals surface area contributed by atoms with E-state index in [1.165, 1.54) is 0 Å². The van der Waals surface area contributed by atoms with Crippen molar-refractivity contribution in [2.45, 2.75) is 0 Å². The normalized spacial score (nSPS) is 0. The van der Waals surface area contributed by atoms with Gasteiger partial charge in [-0.05, 0) is 0 Å². The van der Waals surface area contributed by atoms with Crippen molar-refractivity contribution in [2.75, 3.05) is 0 Å². The fraction of sp³-hybridized carbons (Fsp3) is 0. The molecule has 0 saturated heterocycles. The van der Waals surface area contributed by atoms with Crippen molar-refractivity contribution in [3.05, 3.63) is 0 Å². The van der Waals surface area contributed by atoms with Crippen LogP contribution < -0.4 is 0 Å². The van der Waals surface area contributed by atoms with Crippen LogP contribution in [0.4, 0.5) is 0 Å². The summed E-state index contributed by atoms with van der Waals surface area (Å²) in [6.45, 7) is 0. The number of hydrogen-bond donors (Lipinski definition) is 0. The third-order valence-electron chi connectivity index (χ3n) is 0. The Morgan fingerprint density at radius 1 is 1.00 bits per heavy atom. The van der Waals surface area contributed by atoms with Gasteiger partial charge in [-0.15, -0.1) is 0 Å². The van der Waals surface area contributed by atoms with Gasteiger partial charge in [0.05, 0.1) is 0 Å². The monoisotopic (exact) mass is 162 g/mol. The molecule has 4 heavy (non-hydrogen) atoms. The van der Waals surface area contributed by atoms with Crippen molar-refractivity contribution in [3.63, 3.8) is 0 Å². The Balaban J connectivity index is 0. The summed E-state index contributed by atoms with van der Waals surface area (Å²) in [5, 5.41) is 0. The van der Waals surface area contributed by atoms with Crippen molar-refractivity contribution in [1.29, 1.82) is 0 Å². The molecule has 0 bridgehead atoms. The molecule has 0 aromatic rings. The molecule has 0 atom stereocenters. The van der Waals surface area contributed by atoms with Gasteiger partial charge in [0.2, 0.25) is 0 Å². The van der Waals surface area contributed by atoms with Gasteiger partial charge in [-0.1, -0.05) is 0 Å². The summed E-state index contributed by atoms with van der Waals surface area (Å²) in [6.07, 6.45) is 0.